The maximum absolute atomic E-state index is 15.1. The van der Waals surface area contributed by atoms with Gasteiger partial charge in [-0.15, -0.1) is 0 Å². The molecule has 3 aliphatic rings. The van der Waals surface area contributed by atoms with Gasteiger partial charge in [-0.25, -0.2) is 4.39 Å². The number of halogens is 4. The van der Waals surface area contributed by atoms with Gasteiger partial charge < -0.3 is 9.74 Å². The van der Waals surface area contributed by atoms with Gasteiger partial charge in [0, 0.05) is 29.7 Å². The van der Waals surface area contributed by atoms with Crippen molar-refractivity contribution in [2.45, 2.75) is 37.5 Å². The average molecular weight is 483 g/mol. The van der Waals surface area contributed by atoms with E-state index in [2.05, 4.69) is 10.1 Å². The van der Waals surface area contributed by atoms with Crippen LogP contribution in [-0.4, -0.2) is 34.6 Å². The van der Waals surface area contributed by atoms with Gasteiger partial charge in [0.15, 0.2) is 11.3 Å². The SMILES string of the molecule is CC1(c2cc(Cl)c(Cl)c(Cl)c2)CC(c2ccc(C3(F)CN(C(=O)C4CC4)C3)nc2)=NO1. The smallest absolute Gasteiger partial charge is 0.225 e. The quantitative estimate of drug-likeness (QED) is 0.541. The van der Waals surface area contributed by atoms with Crippen molar-refractivity contribution in [1.82, 2.24) is 9.88 Å². The summed E-state index contributed by atoms with van der Waals surface area (Å²) in [6.07, 6.45) is 3.89. The van der Waals surface area contributed by atoms with E-state index in [1.807, 2.05) is 6.92 Å². The molecule has 0 bridgehead atoms. The van der Waals surface area contributed by atoms with Crippen LogP contribution in [-0.2, 0) is 20.9 Å². The average Bonchev–Trinajstić information content (AvgIpc) is 3.50. The third-order valence-corrected chi connectivity index (χ3v) is 7.33. The van der Waals surface area contributed by atoms with Crippen molar-refractivity contribution in [1.29, 1.82) is 0 Å². The number of hydrogen-bond donors (Lipinski definition) is 0. The van der Waals surface area contributed by atoms with Crippen LogP contribution in [0.25, 0.3) is 0 Å². The number of aromatic nitrogens is 1. The first-order valence-corrected chi connectivity index (χ1v) is 11.2. The maximum Gasteiger partial charge on any atom is 0.225 e. The number of carbonyl (C=O) groups excluding carboxylic acids is 1. The molecule has 1 unspecified atom stereocenters. The standard InChI is InChI=1S/C22H19Cl3FN3O2/c1-21(14-6-15(23)19(25)16(24)7-14)8-17(28-31-21)13-4-5-18(27-9-13)22(26)10-29(11-22)20(30)12-2-3-12/h4-7,9,12H,2-3,8,10-11H2,1H3. The van der Waals surface area contributed by atoms with E-state index in [4.69, 9.17) is 39.6 Å². The van der Waals surface area contributed by atoms with Crippen LogP contribution in [0.5, 0.6) is 0 Å². The summed E-state index contributed by atoms with van der Waals surface area (Å²) in [7, 11) is 0. The van der Waals surface area contributed by atoms with Crippen molar-refractivity contribution < 1.29 is 14.0 Å². The highest BCUT2D eigenvalue weighted by atomic mass is 35.5. The number of rotatable bonds is 4. The zero-order chi connectivity index (χ0) is 22.0. The van der Waals surface area contributed by atoms with Crippen LogP contribution in [0.4, 0.5) is 4.39 Å². The molecule has 1 aromatic heterocycles. The molecule has 31 heavy (non-hydrogen) atoms. The van der Waals surface area contributed by atoms with Gasteiger partial charge in [-0.1, -0.05) is 40.0 Å². The zero-order valence-electron chi connectivity index (χ0n) is 16.7. The lowest BCUT2D eigenvalue weighted by Crippen LogP contribution is -2.59. The maximum atomic E-state index is 15.1. The number of alkyl halides is 1. The minimum atomic E-state index is -1.59. The van der Waals surface area contributed by atoms with Gasteiger partial charge in [0.1, 0.15) is 0 Å². The van der Waals surface area contributed by atoms with E-state index in [1.54, 1.807) is 35.4 Å². The lowest BCUT2D eigenvalue weighted by atomic mass is 9.88. The molecule has 2 fully saturated rings. The van der Waals surface area contributed by atoms with E-state index in [-0.39, 0.29) is 24.9 Å². The Hall–Kier alpha value is -1.89. The Kier molecular flexibility index (Phi) is 4.96. The second kappa shape index (κ2) is 7.32. The summed E-state index contributed by atoms with van der Waals surface area (Å²) in [5.74, 6) is 0.157. The summed E-state index contributed by atoms with van der Waals surface area (Å²) in [5.41, 5.74) is 0.165. The molecule has 1 saturated heterocycles. The topological polar surface area (TPSA) is 54.8 Å². The summed E-state index contributed by atoms with van der Waals surface area (Å²) >= 11 is 18.4. The Morgan fingerprint density at radius 1 is 1.19 bits per heavy atom. The monoisotopic (exact) mass is 481 g/mol. The Bertz CT molecular complexity index is 1070. The number of likely N-dealkylation sites (tertiary alicyclic amines) is 1. The van der Waals surface area contributed by atoms with Gasteiger partial charge in [0.25, 0.3) is 0 Å². The van der Waals surface area contributed by atoms with Gasteiger partial charge in [-0.3, -0.25) is 9.78 Å². The van der Waals surface area contributed by atoms with Crippen molar-refractivity contribution in [2.24, 2.45) is 11.1 Å². The molecule has 1 aliphatic carbocycles. The number of nitrogens with zero attached hydrogens (tertiary/aromatic N) is 3. The van der Waals surface area contributed by atoms with Crippen molar-refractivity contribution in [2.75, 3.05) is 13.1 Å². The van der Waals surface area contributed by atoms with Gasteiger partial charge in [-0.05, 0) is 44.0 Å². The first-order chi connectivity index (χ1) is 14.7. The van der Waals surface area contributed by atoms with E-state index < -0.39 is 11.3 Å². The Morgan fingerprint density at radius 2 is 1.87 bits per heavy atom. The number of carbonyl (C=O) groups is 1. The Labute approximate surface area is 194 Å². The van der Waals surface area contributed by atoms with Crippen LogP contribution < -0.4 is 0 Å². The number of oxime groups is 1. The highest BCUT2D eigenvalue weighted by Gasteiger charge is 2.50. The zero-order valence-corrected chi connectivity index (χ0v) is 18.9. The van der Waals surface area contributed by atoms with Gasteiger partial charge in [0.2, 0.25) is 5.91 Å². The molecule has 1 atom stereocenters. The fourth-order valence-corrected chi connectivity index (χ4v) is 4.60. The molecule has 162 valence electrons. The first-order valence-electron chi connectivity index (χ1n) is 10.0. The number of benzene rings is 1. The fourth-order valence-electron chi connectivity index (χ4n) is 4.00. The van der Waals surface area contributed by atoms with Gasteiger partial charge in [-0.2, -0.15) is 0 Å². The Morgan fingerprint density at radius 3 is 2.45 bits per heavy atom. The summed E-state index contributed by atoms with van der Waals surface area (Å²) < 4.78 is 15.1. The highest BCUT2D eigenvalue weighted by Crippen LogP contribution is 2.42. The summed E-state index contributed by atoms with van der Waals surface area (Å²) in [4.78, 5) is 23.7. The number of amides is 1. The second-order valence-electron chi connectivity index (χ2n) is 8.66. The molecule has 0 radical (unpaired) electrons. The molecule has 5 rings (SSSR count). The molecule has 5 nitrogen and oxygen atoms in total. The molecule has 1 amide bonds. The molecular weight excluding hydrogens is 464 g/mol. The Balaban J connectivity index is 1.28. The minimum Gasteiger partial charge on any atom is -0.384 e. The predicted molar refractivity (Wildman–Crippen MR) is 117 cm³/mol. The molecule has 2 aliphatic heterocycles. The molecular formula is C22H19Cl3FN3O2. The lowest BCUT2D eigenvalue weighted by Gasteiger charge is -2.44. The van der Waals surface area contributed by atoms with E-state index in [0.29, 0.717) is 32.9 Å². The normalized spacial score (nSPS) is 24.4. The first kappa shape index (κ1) is 21.0. The van der Waals surface area contributed by atoms with Gasteiger partial charge >= 0.3 is 0 Å². The predicted octanol–water partition coefficient (Wildman–Crippen LogP) is 5.50. The molecule has 0 spiro atoms. The van der Waals surface area contributed by atoms with Crippen LogP contribution in [0.1, 0.15) is 43.0 Å². The van der Waals surface area contributed by atoms with Crippen LogP contribution in [0.15, 0.2) is 35.6 Å². The van der Waals surface area contributed by atoms with Crippen molar-refractivity contribution >= 4 is 46.4 Å². The molecule has 1 aromatic carbocycles. The molecule has 3 heterocycles. The van der Waals surface area contributed by atoms with Crippen LogP contribution in [0, 0.1) is 5.92 Å². The largest absolute Gasteiger partial charge is 0.384 e. The molecule has 1 saturated carbocycles. The minimum absolute atomic E-state index is 0.0593. The molecule has 2 aromatic rings. The highest BCUT2D eigenvalue weighted by molar-refractivity contribution is 6.48. The summed E-state index contributed by atoms with van der Waals surface area (Å²) in [5, 5.41) is 5.20. The summed E-state index contributed by atoms with van der Waals surface area (Å²) in [6, 6.07) is 6.87. The van der Waals surface area contributed by atoms with Gasteiger partial charge in [0.05, 0.1) is 39.6 Å². The van der Waals surface area contributed by atoms with Crippen LogP contribution in [0.2, 0.25) is 15.1 Å². The molecule has 0 N–H and O–H groups in total. The number of hydrogen-bond acceptors (Lipinski definition) is 4. The van der Waals surface area contributed by atoms with E-state index >= 15 is 4.39 Å². The second-order valence-corrected chi connectivity index (χ2v) is 9.85. The fraction of sp³-hybridized carbons (Fsp3) is 0.409. The number of pyridine rings is 1. The van der Waals surface area contributed by atoms with Crippen LogP contribution in [0.3, 0.4) is 0 Å². The van der Waals surface area contributed by atoms with Crippen molar-refractivity contribution in [3.8, 4) is 0 Å². The summed E-state index contributed by atoms with van der Waals surface area (Å²) in [6.45, 7) is 2.02. The lowest BCUT2D eigenvalue weighted by molar-refractivity contribution is -0.148. The van der Waals surface area contributed by atoms with Crippen molar-refractivity contribution in [3.63, 3.8) is 0 Å². The molecule has 9 heteroatoms. The van der Waals surface area contributed by atoms with E-state index in [9.17, 15) is 4.79 Å². The third-order valence-electron chi connectivity index (χ3n) is 6.13. The van der Waals surface area contributed by atoms with Crippen LogP contribution >= 0.6 is 34.8 Å². The third kappa shape index (κ3) is 3.69. The van der Waals surface area contributed by atoms with E-state index in [0.717, 1.165) is 24.0 Å². The van der Waals surface area contributed by atoms with Crippen molar-refractivity contribution in [3.05, 3.63) is 62.4 Å². The van der Waals surface area contributed by atoms with E-state index in [1.165, 1.54) is 0 Å².